The smallest absolute Gasteiger partial charge is 0.184 e. The van der Waals surface area contributed by atoms with Gasteiger partial charge >= 0.3 is 0 Å². The Hall–Kier alpha value is -0.860. The molecule has 1 heterocycles. The molecular formula is C19H28O2. The highest BCUT2D eigenvalue weighted by Gasteiger charge is 2.26. The van der Waals surface area contributed by atoms with Crippen LogP contribution in [0.4, 0.5) is 0 Å². The molecule has 2 nitrogen and oxygen atoms in total. The summed E-state index contributed by atoms with van der Waals surface area (Å²) in [6.45, 7) is 5.99. The van der Waals surface area contributed by atoms with E-state index in [-0.39, 0.29) is 6.29 Å². The molecule has 3 rings (SSSR count). The fourth-order valence-electron chi connectivity index (χ4n) is 4.08. The highest BCUT2D eigenvalue weighted by molar-refractivity contribution is 5.37. The Labute approximate surface area is 128 Å². The van der Waals surface area contributed by atoms with Gasteiger partial charge in [0.05, 0.1) is 13.2 Å². The van der Waals surface area contributed by atoms with Crippen molar-refractivity contribution in [2.45, 2.75) is 64.6 Å². The van der Waals surface area contributed by atoms with E-state index in [0.717, 1.165) is 25.0 Å². The summed E-state index contributed by atoms with van der Waals surface area (Å²) in [5.41, 5.74) is 4.16. The predicted octanol–water partition coefficient (Wildman–Crippen LogP) is 5.11. The molecule has 1 saturated carbocycles. The average Bonchev–Trinajstić information content (AvgIpc) is 3.03. The van der Waals surface area contributed by atoms with Crippen LogP contribution in [0.5, 0.6) is 0 Å². The summed E-state index contributed by atoms with van der Waals surface area (Å²) in [5.74, 6) is 1.70. The van der Waals surface area contributed by atoms with Crippen molar-refractivity contribution in [1.82, 2.24) is 0 Å². The van der Waals surface area contributed by atoms with Crippen LogP contribution in [0.2, 0.25) is 0 Å². The van der Waals surface area contributed by atoms with Crippen LogP contribution < -0.4 is 0 Å². The number of benzene rings is 1. The van der Waals surface area contributed by atoms with Gasteiger partial charge in [0.1, 0.15) is 0 Å². The van der Waals surface area contributed by atoms with E-state index in [1.54, 1.807) is 0 Å². The van der Waals surface area contributed by atoms with Crippen LogP contribution in [-0.2, 0) is 9.47 Å². The standard InChI is InChI=1S/C19H28O2/c1-3-5-15-8-10-16(11-9-15)17-6-4-7-18(14(17)2)19-20-12-13-21-19/h4,6-7,15-16,19H,3,5,8-13H2,1-2H3. The van der Waals surface area contributed by atoms with Crippen molar-refractivity contribution in [3.8, 4) is 0 Å². The highest BCUT2D eigenvalue weighted by atomic mass is 16.7. The lowest BCUT2D eigenvalue weighted by atomic mass is 9.76. The molecule has 0 N–H and O–H groups in total. The normalized spacial score (nSPS) is 27.1. The summed E-state index contributed by atoms with van der Waals surface area (Å²) in [7, 11) is 0. The summed E-state index contributed by atoms with van der Waals surface area (Å²) >= 11 is 0. The van der Waals surface area contributed by atoms with E-state index in [4.69, 9.17) is 9.47 Å². The zero-order valence-corrected chi connectivity index (χ0v) is 13.4. The van der Waals surface area contributed by atoms with Crippen molar-refractivity contribution in [3.05, 3.63) is 34.9 Å². The third-order valence-electron chi connectivity index (χ3n) is 5.28. The zero-order chi connectivity index (χ0) is 14.7. The Morgan fingerprint density at radius 1 is 1.00 bits per heavy atom. The SMILES string of the molecule is CCCC1CCC(c2cccc(C3OCCO3)c2C)CC1. The maximum Gasteiger partial charge on any atom is 0.184 e. The molecule has 0 amide bonds. The molecule has 2 heteroatoms. The molecule has 1 aromatic rings. The first-order chi connectivity index (χ1) is 10.3. The van der Waals surface area contributed by atoms with Crippen LogP contribution in [0.15, 0.2) is 18.2 Å². The molecule has 2 fully saturated rings. The maximum absolute atomic E-state index is 5.69. The first-order valence-electron chi connectivity index (χ1n) is 8.62. The van der Waals surface area contributed by atoms with Gasteiger partial charge in [-0.15, -0.1) is 0 Å². The quantitative estimate of drug-likeness (QED) is 0.766. The van der Waals surface area contributed by atoms with Crippen LogP contribution in [0.1, 0.15) is 74.3 Å². The Morgan fingerprint density at radius 3 is 2.33 bits per heavy atom. The minimum atomic E-state index is -0.138. The minimum absolute atomic E-state index is 0.138. The number of ether oxygens (including phenoxy) is 2. The van der Waals surface area contributed by atoms with E-state index in [1.165, 1.54) is 55.2 Å². The van der Waals surface area contributed by atoms with Crippen molar-refractivity contribution >= 4 is 0 Å². The topological polar surface area (TPSA) is 18.5 Å². The number of rotatable bonds is 4. The first kappa shape index (κ1) is 15.1. The molecule has 21 heavy (non-hydrogen) atoms. The molecule has 1 aliphatic carbocycles. The van der Waals surface area contributed by atoms with E-state index in [9.17, 15) is 0 Å². The zero-order valence-electron chi connectivity index (χ0n) is 13.4. The molecule has 0 bridgehead atoms. The average molecular weight is 288 g/mol. The molecule has 0 aromatic heterocycles. The third kappa shape index (κ3) is 3.32. The van der Waals surface area contributed by atoms with E-state index in [0.29, 0.717) is 0 Å². The fraction of sp³-hybridized carbons (Fsp3) is 0.684. The molecule has 0 atom stereocenters. The van der Waals surface area contributed by atoms with E-state index < -0.39 is 0 Å². The molecule has 116 valence electrons. The Bertz CT molecular complexity index is 455. The first-order valence-corrected chi connectivity index (χ1v) is 8.62. The van der Waals surface area contributed by atoms with Crippen molar-refractivity contribution < 1.29 is 9.47 Å². The summed E-state index contributed by atoms with van der Waals surface area (Å²) in [5, 5.41) is 0. The van der Waals surface area contributed by atoms with E-state index in [2.05, 4.69) is 32.0 Å². The monoisotopic (exact) mass is 288 g/mol. The van der Waals surface area contributed by atoms with Crippen molar-refractivity contribution in [2.24, 2.45) is 5.92 Å². The second-order valence-electron chi connectivity index (χ2n) is 6.64. The second kappa shape index (κ2) is 6.93. The molecular weight excluding hydrogens is 260 g/mol. The number of hydrogen-bond donors (Lipinski definition) is 0. The largest absolute Gasteiger partial charge is 0.346 e. The van der Waals surface area contributed by atoms with Gasteiger partial charge < -0.3 is 9.47 Å². The van der Waals surface area contributed by atoms with Gasteiger partial charge in [0.15, 0.2) is 6.29 Å². The molecule has 2 aliphatic rings. The maximum atomic E-state index is 5.69. The molecule has 1 saturated heterocycles. The lowest BCUT2D eigenvalue weighted by Crippen LogP contribution is -2.15. The van der Waals surface area contributed by atoms with Gasteiger partial charge in [-0.2, -0.15) is 0 Å². The van der Waals surface area contributed by atoms with Crippen LogP contribution in [0.25, 0.3) is 0 Å². The molecule has 0 unspecified atom stereocenters. The van der Waals surface area contributed by atoms with Crippen molar-refractivity contribution in [3.63, 3.8) is 0 Å². The van der Waals surface area contributed by atoms with Gasteiger partial charge in [0.25, 0.3) is 0 Å². The van der Waals surface area contributed by atoms with Gasteiger partial charge in [0.2, 0.25) is 0 Å². The van der Waals surface area contributed by atoms with Crippen LogP contribution in [0, 0.1) is 12.8 Å². The Balaban J connectivity index is 1.72. The predicted molar refractivity (Wildman–Crippen MR) is 85.4 cm³/mol. The lowest BCUT2D eigenvalue weighted by molar-refractivity contribution is -0.0446. The van der Waals surface area contributed by atoms with E-state index >= 15 is 0 Å². The van der Waals surface area contributed by atoms with Gasteiger partial charge in [-0.05, 0) is 55.6 Å². The summed E-state index contributed by atoms with van der Waals surface area (Å²) in [6.07, 6.45) is 8.11. The van der Waals surface area contributed by atoms with Crippen LogP contribution in [0.3, 0.4) is 0 Å². The lowest BCUT2D eigenvalue weighted by Gasteiger charge is -2.30. The summed E-state index contributed by atoms with van der Waals surface area (Å²) < 4.78 is 11.4. The summed E-state index contributed by atoms with van der Waals surface area (Å²) in [4.78, 5) is 0. The minimum Gasteiger partial charge on any atom is -0.346 e. The molecule has 1 aliphatic heterocycles. The third-order valence-corrected chi connectivity index (χ3v) is 5.28. The Kier molecular flexibility index (Phi) is 4.97. The van der Waals surface area contributed by atoms with Gasteiger partial charge in [-0.1, -0.05) is 38.0 Å². The van der Waals surface area contributed by atoms with Crippen molar-refractivity contribution in [2.75, 3.05) is 13.2 Å². The molecule has 0 spiro atoms. The number of hydrogen-bond acceptors (Lipinski definition) is 2. The molecule has 0 radical (unpaired) electrons. The van der Waals surface area contributed by atoms with Gasteiger partial charge in [0, 0.05) is 5.56 Å². The van der Waals surface area contributed by atoms with Gasteiger partial charge in [-0.3, -0.25) is 0 Å². The summed E-state index contributed by atoms with van der Waals surface area (Å²) in [6, 6.07) is 6.66. The van der Waals surface area contributed by atoms with E-state index in [1.807, 2.05) is 0 Å². The highest BCUT2D eigenvalue weighted by Crippen LogP contribution is 2.40. The fourth-order valence-corrected chi connectivity index (χ4v) is 4.08. The molecule has 1 aromatic carbocycles. The van der Waals surface area contributed by atoms with Crippen molar-refractivity contribution in [1.29, 1.82) is 0 Å². The Morgan fingerprint density at radius 2 is 1.67 bits per heavy atom. The van der Waals surface area contributed by atoms with Gasteiger partial charge in [-0.25, -0.2) is 0 Å². The van der Waals surface area contributed by atoms with Crippen LogP contribution in [-0.4, -0.2) is 13.2 Å². The van der Waals surface area contributed by atoms with Crippen LogP contribution >= 0.6 is 0 Å². The second-order valence-corrected chi connectivity index (χ2v) is 6.64.